The van der Waals surface area contributed by atoms with Crippen molar-refractivity contribution in [2.75, 3.05) is 19.1 Å². The number of hydrogen-bond donors (Lipinski definition) is 2. The van der Waals surface area contributed by atoms with Gasteiger partial charge in [0.2, 0.25) is 5.91 Å². The Balaban J connectivity index is 0. The molecule has 0 aromatic rings. The Bertz CT molecular complexity index is 215. The van der Waals surface area contributed by atoms with E-state index in [4.69, 9.17) is 5.73 Å². The van der Waals surface area contributed by atoms with Crippen LogP contribution >= 0.6 is 37.0 Å². The number of carbonyl (C=O) groups is 2. The smallest absolute Gasteiger partial charge is 0.239 e. The number of hydrogen-bond acceptors (Lipinski definition) is 5. The van der Waals surface area contributed by atoms with Crippen LogP contribution in [-0.2, 0) is 9.59 Å². The third-order valence-corrected chi connectivity index (χ3v) is 2.60. The number of Topliss-reactive ketones (excluding diaryl/α,β-unsaturated/α-hetero) is 1. The van der Waals surface area contributed by atoms with E-state index in [9.17, 15) is 9.59 Å². The molecular formula is C8H17ClN2O2S2. The lowest BCUT2D eigenvalue weighted by molar-refractivity contribution is -0.131. The van der Waals surface area contributed by atoms with Crippen molar-refractivity contribution in [3.8, 4) is 0 Å². The number of nitrogens with zero attached hydrogens (tertiary/aromatic N) is 1. The third kappa shape index (κ3) is 7.96. The highest BCUT2D eigenvalue weighted by Crippen LogP contribution is 2.03. The summed E-state index contributed by atoms with van der Waals surface area (Å²) in [4.78, 5) is 22.4. The first-order valence-electron chi connectivity index (χ1n) is 4.21. The number of amides is 1. The largest absolute Gasteiger partial charge is 0.321 e. The van der Waals surface area contributed by atoms with Gasteiger partial charge in [-0.25, -0.2) is 0 Å². The van der Waals surface area contributed by atoms with Crippen molar-refractivity contribution in [1.82, 2.24) is 4.31 Å². The number of rotatable bonds is 6. The van der Waals surface area contributed by atoms with Crippen LogP contribution in [0.2, 0.25) is 0 Å². The molecule has 0 saturated heterocycles. The van der Waals surface area contributed by atoms with Gasteiger partial charge in [-0.05, 0) is 18.4 Å². The molecule has 1 atom stereocenters. The van der Waals surface area contributed by atoms with Crippen LogP contribution in [0.4, 0.5) is 0 Å². The summed E-state index contributed by atoms with van der Waals surface area (Å²) >= 11 is 5.42. The lowest BCUT2D eigenvalue weighted by Gasteiger charge is -2.11. The number of carbonyl (C=O) groups excluding carboxylic acids is 2. The minimum atomic E-state index is -0.528. The average molecular weight is 273 g/mol. The van der Waals surface area contributed by atoms with Crippen LogP contribution in [0.25, 0.3) is 0 Å². The molecule has 0 unspecified atom stereocenters. The van der Waals surface area contributed by atoms with Crippen LogP contribution < -0.4 is 5.73 Å². The second kappa shape index (κ2) is 9.33. The lowest BCUT2D eigenvalue weighted by atomic mass is 10.1. The highest BCUT2D eigenvalue weighted by Gasteiger charge is 2.17. The second-order valence-electron chi connectivity index (χ2n) is 2.95. The van der Waals surface area contributed by atoms with Crippen molar-refractivity contribution < 1.29 is 9.59 Å². The normalized spacial score (nSPS) is 11.5. The van der Waals surface area contributed by atoms with Crippen molar-refractivity contribution in [2.24, 2.45) is 5.73 Å². The number of thiol groups is 1. The van der Waals surface area contributed by atoms with Gasteiger partial charge in [-0.15, -0.1) is 12.4 Å². The Kier molecular flexibility index (Phi) is 10.9. The van der Waals surface area contributed by atoms with E-state index >= 15 is 0 Å². The summed E-state index contributed by atoms with van der Waals surface area (Å²) in [6.45, 7) is 0. The second-order valence-corrected chi connectivity index (χ2v) is 4.53. The van der Waals surface area contributed by atoms with E-state index in [1.54, 1.807) is 11.8 Å². The maximum atomic E-state index is 11.3. The van der Waals surface area contributed by atoms with E-state index in [1.165, 1.54) is 7.05 Å². The summed E-state index contributed by atoms with van der Waals surface area (Å²) in [5.41, 5.74) is 5.59. The van der Waals surface area contributed by atoms with Crippen LogP contribution in [0, 0.1) is 0 Å². The van der Waals surface area contributed by atoms with Crippen LogP contribution in [0.1, 0.15) is 12.8 Å². The first kappa shape index (κ1) is 17.5. The van der Waals surface area contributed by atoms with E-state index in [0.717, 1.165) is 10.1 Å². The quantitative estimate of drug-likeness (QED) is 0.553. The molecule has 0 bridgehead atoms. The fourth-order valence-corrected chi connectivity index (χ4v) is 1.36. The molecule has 0 rings (SSSR count). The molecule has 0 aromatic heterocycles. The van der Waals surface area contributed by atoms with Gasteiger partial charge in [-0.1, -0.05) is 12.8 Å². The van der Waals surface area contributed by atoms with Gasteiger partial charge in [0.1, 0.15) is 0 Å². The molecule has 2 N–H and O–H groups in total. The van der Waals surface area contributed by atoms with Crippen LogP contribution in [0.15, 0.2) is 0 Å². The number of ketones is 1. The molecule has 0 aromatic carbocycles. The summed E-state index contributed by atoms with van der Waals surface area (Å²) < 4.78 is 1.10. The van der Waals surface area contributed by atoms with Crippen molar-refractivity contribution >= 4 is 48.7 Å². The number of halogens is 1. The predicted molar refractivity (Wildman–Crippen MR) is 69.6 cm³/mol. The molecule has 1 amide bonds. The van der Waals surface area contributed by atoms with E-state index in [-0.39, 0.29) is 30.5 Å². The van der Waals surface area contributed by atoms with Gasteiger partial charge in [0.25, 0.3) is 0 Å². The zero-order valence-corrected chi connectivity index (χ0v) is 11.3. The van der Waals surface area contributed by atoms with E-state index < -0.39 is 6.04 Å². The SMILES string of the molecule is CSCC[C@H](N)C(=O)CC(=O)N(C)S.Cl. The molecule has 90 valence electrons. The summed E-state index contributed by atoms with van der Waals surface area (Å²) in [6, 6.07) is -0.528. The van der Waals surface area contributed by atoms with Gasteiger partial charge in [0.05, 0.1) is 12.5 Å². The fourth-order valence-electron chi connectivity index (χ4n) is 0.800. The molecule has 0 aliphatic heterocycles. The maximum absolute atomic E-state index is 11.3. The van der Waals surface area contributed by atoms with Gasteiger partial charge in [-0.3, -0.25) is 13.9 Å². The van der Waals surface area contributed by atoms with E-state index in [0.29, 0.717) is 6.42 Å². The maximum Gasteiger partial charge on any atom is 0.239 e. The molecule has 0 aliphatic rings. The minimum absolute atomic E-state index is 0. The highest BCUT2D eigenvalue weighted by atomic mass is 35.5. The summed E-state index contributed by atoms with van der Waals surface area (Å²) in [6.07, 6.45) is 2.41. The van der Waals surface area contributed by atoms with Crippen molar-refractivity contribution in [3.63, 3.8) is 0 Å². The van der Waals surface area contributed by atoms with Gasteiger partial charge >= 0.3 is 0 Å². The molecule has 15 heavy (non-hydrogen) atoms. The predicted octanol–water partition coefficient (Wildman–Crippen LogP) is 0.751. The van der Waals surface area contributed by atoms with Crippen molar-refractivity contribution in [3.05, 3.63) is 0 Å². The van der Waals surface area contributed by atoms with E-state index in [2.05, 4.69) is 12.8 Å². The Morgan fingerprint density at radius 1 is 1.53 bits per heavy atom. The molecule has 7 heteroatoms. The zero-order chi connectivity index (χ0) is 11.1. The Morgan fingerprint density at radius 3 is 2.47 bits per heavy atom. The van der Waals surface area contributed by atoms with Gasteiger partial charge in [0, 0.05) is 7.05 Å². The third-order valence-electron chi connectivity index (χ3n) is 1.73. The minimum Gasteiger partial charge on any atom is -0.321 e. The van der Waals surface area contributed by atoms with Crippen LogP contribution in [0.3, 0.4) is 0 Å². The molecule has 0 saturated carbocycles. The summed E-state index contributed by atoms with van der Waals surface area (Å²) in [5.74, 6) is 0.292. The van der Waals surface area contributed by atoms with Crippen LogP contribution in [-0.4, -0.2) is 41.1 Å². The standard InChI is InChI=1S/C8H16N2O2S2.ClH/c1-10(13)8(12)5-7(11)6(9)3-4-14-2;/h6,13H,3-5,9H2,1-2H3;1H/t6-;/m0./s1. The molecule has 4 nitrogen and oxygen atoms in total. The monoisotopic (exact) mass is 272 g/mol. The van der Waals surface area contributed by atoms with Crippen molar-refractivity contribution in [1.29, 1.82) is 0 Å². The van der Waals surface area contributed by atoms with Gasteiger partial charge in [0.15, 0.2) is 5.78 Å². The fraction of sp³-hybridized carbons (Fsp3) is 0.750. The van der Waals surface area contributed by atoms with Crippen molar-refractivity contribution in [2.45, 2.75) is 18.9 Å². The lowest BCUT2D eigenvalue weighted by Crippen LogP contribution is -2.34. The van der Waals surface area contributed by atoms with E-state index in [1.807, 2.05) is 6.26 Å². The van der Waals surface area contributed by atoms with Gasteiger partial charge in [-0.2, -0.15) is 11.8 Å². The Morgan fingerprint density at radius 2 is 2.07 bits per heavy atom. The topological polar surface area (TPSA) is 63.4 Å². The zero-order valence-electron chi connectivity index (χ0n) is 8.80. The van der Waals surface area contributed by atoms with Crippen LogP contribution in [0.5, 0.6) is 0 Å². The first-order valence-corrected chi connectivity index (χ1v) is 6.01. The first-order chi connectivity index (χ1) is 6.49. The molecule has 0 radical (unpaired) electrons. The Hall–Kier alpha value is 0.0900. The molecule has 0 aliphatic carbocycles. The van der Waals surface area contributed by atoms with Gasteiger partial charge < -0.3 is 5.73 Å². The average Bonchev–Trinajstić information content (AvgIpc) is 2.13. The number of nitrogens with two attached hydrogens (primary N) is 1. The summed E-state index contributed by atoms with van der Waals surface area (Å²) in [7, 11) is 1.49. The molecular weight excluding hydrogens is 256 g/mol. The molecule has 0 fully saturated rings. The number of thioether (sulfide) groups is 1. The summed E-state index contributed by atoms with van der Waals surface area (Å²) in [5, 5.41) is 0. The molecule has 0 heterocycles. The highest BCUT2D eigenvalue weighted by molar-refractivity contribution is 7.98. The Labute approximate surface area is 106 Å². The molecule has 0 spiro atoms.